The number of aliphatic hydroxyl groups excluding tert-OH is 1. The highest BCUT2D eigenvalue weighted by Crippen LogP contribution is 2.14. The number of allylic oxidation sites excluding steroid dienone is 5. The molecular weight excluding hydrogens is 208 g/mol. The van der Waals surface area contributed by atoms with Gasteiger partial charge in [0.2, 0.25) is 0 Å². The standard InChI is InChI=1S/C16H26O/c1-5-8-16(11-6-9-14(2)3)12-7-10-15(4)13-17/h5,10-11,17H,1-2,6-9,12-13H2,3-4H3/b15-10+,16-11+. The van der Waals surface area contributed by atoms with Crippen molar-refractivity contribution in [2.45, 2.75) is 46.0 Å². The molecule has 0 unspecified atom stereocenters. The summed E-state index contributed by atoms with van der Waals surface area (Å²) in [6, 6.07) is 0. The molecule has 0 aliphatic heterocycles. The molecule has 0 bridgehead atoms. The van der Waals surface area contributed by atoms with Gasteiger partial charge in [-0.25, -0.2) is 0 Å². The maximum Gasteiger partial charge on any atom is 0.0639 e. The van der Waals surface area contributed by atoms with Gasteiger partial charge >= 0.3 is 0 Å². The van der Waals surface area contributed by atoms with Crippen molar-refractivity contribution in [2.75, 3.05) is 6.61 Å². The van der Waals surface area contributed by atoms with Crippen LogP contribution < -0.4 is 0 Å². The van der Waals surface area contributed by atoms with Crippen molar-refractivity contribution in [3.8, 4) is 0 Å². The van der Waals surface area contributed by atoms with E-state index in [9.17, 15) is 0 Å². The zero-order valence-electron chi connectivity index (χ0n) is 11.3. The first-order valence-corrected chi connectivity index (χ1v) is 6.29. The highest BCUT2D eigenvalue weighted by Gasteiger charge is 1.95. The Hall–Kier alpha value is -1.08. The Morgan fingerprint density at radius 2 is 1.76 bits per heavy atom. The maximum absolute atomic E-state index is 8.90. The lowest BCUT2D eigenvalue weighted by molar-refractivity contribution is 0.331. The molecule has 0 saturated carbocycles. The number of rotatable bonds is 9. The minimum absolute atomic E-state index is 0.163. The van der Waals surface area contributed by atoms with Crippen LogP contribution in [-0.2, 0) is 0 Å². The van der Waals surface area contributed by atoms with Gasteiger partial charge in [-0.3, -0.25) is 0 Å². The van der Waals surface area contributed by atoms with E-state index in [1.165, 1.54) is 11.1 Å². The summed E-state index contributed by atoms with van der Waals surface area (Å²) in [4.78, 5) is 0. The number of hydrogen-bond donors (Lipinski definition) is 1. The van der Waals surface area contributed by atoms with Crippen LogP contribution in [0.2, 0.25) is 0 Å². The molecule has 96 valence electrons. The lowest BCUT2D eigenvalue weighted by atomic mass is 10.0. The van der Waals surface area contributed by atoms with Crippen LogP contribution in [0.15, 0.2) is 48.1 Å². The summed E-state index contributed by atoms with van der Waals surface area (Å²) >= 11 is 0. The largest absolute Gasteiger partial charge is 0.392 e. The summed E-state index contributed by atoms with van der Waals surface area (Å²) in [5, 5.41) is 8.90. The lowest BCUT2D eigenvalue weighted by Gasteiger charge is -2.04. The SMILES string of the molecule is C=CC/C(=C\CCC(=C)C)CC/C=C(\C)CO. The molecule has 1 nitrogen and oxygen atoms in total. The van der Waals surface area contributed by atoms with Crippen molar-refractivity contribution in [1.29, 1.82) is 0 Å². The van der Waals surface area contributed by atoms with E-state index >= 15 is 0 Å². The predicted molar refractivity (Wildman–Crippen MR) is 77.0 cm³/mol. The third-order valence-corrected chi connectivity index (χ3v) is 2.62. The van der Waals surface area contributed by atoms with Crippen LogP contribution in [0.3, 0.4) is 0 Å². The van der Waals surface area contributed by atoms with Crippen LogP contribution in [0.5, 0.6) is 0 Å². The van der Waals surface area contributed by atoms with Gasteiger partial charge in [0.1, 0.15) is 0 Å². The monoisotopic (exact) mass is 234 g/mol. The molecule has 0 atom stereocenters. The molecular formula is C16H26O. The molecule has 0 radical (unpaired) electrons. The Morgan fingerprint density at radius 1 is 1.12 bits per heavy atom. The van der Waals surface area contributed by atoms with Gasteiger partial charge in [0, 0.05) is 0 Å². The molecule has 0 aromatic carbocycles. The topological polar surface area (TPSA) is 20.2 Å². The van der Waals surface area contributed by atoms with E-state index in [1.807, 2.05) is 13.0 Å². The minimum atomic E-state index is 0.163. The van der Waals surface area contributed by atoms with Gasteiger partial charge in [-0.15, -0.1) is 13.2 Å². The number of hydrogen-bond acceptors (Lipinski definition) is 1. The Bertz CT molecular complexity index is 295. The molecule has 17 heavy (non-hydrogen) atoms. The second-order valence-corrected chi connectivity index (χ2v) is 4.60. The highest BCUT2D eigenvalue weighted by atomic mass is 16.3. The summed E-state index contributed by atoms with van der Waals surface area (Å²) in [5.74, 6) is 0. The predicted octanol–water partition coefficient (Wildman–Crippen LogP) is 4.56. The van der Waals surface area contributed by atoms with Crippen molar-refractivity contribution in [3.05, 3.63) is 48.1 Å². The fraction of sp³-hybridized carbons (Fsp3) is 0.500. The van der Waals surface area contributed by atoms with Gasteiger partial charge in [-0.2, -0.15) is 0 Å². The zero-order chi connectivity index (χ0) is 13.1. The van der Waals surface area contributed by atoms with Gasteiger partial charge < -0.3 is 5.11 Å². The van der Waals surface area contributed by atoms with E-state index < -0.39 is 0 Å². The third-order valence-electron chi connectivity index (χ3n) is 2.62. The van der Waals surface area contributed by atoms with Crippen LogP contribution in [0.1, 0.15) is 46.0 Å². The summed E-state index contributed by atoms with van der Waals surface area (Å²) in [6.07, 6.45) is 11.5. The highest BCUT2D eigenvalue weighted by molar-refractivity contribution is 5.09. The molecule has 0 saturated heterocycles. The average molecular weight is 234 g/mol. The van der Waals surface area contributed by atoms with Crippen molar-refractivity contribution < 1.29 is 5.11 Å². The quantitative estimate of drug-likeness (QED) is 0.580. The molecule has 1 heteroatoms. The van der Waals surface area contributed by atoms with Gasteiger partial charge in [-0.1, -0.05) is 34.9 Å². The summed E-state index contributed by atoms with van der Waals surface area (Å²) in [5.41, 5.74) is 3.71. The lowest BCUT2D eigenvalue weighted by Crippen LogP contribution is -1.86. The van der Waals surface area contributed by atoms with Crippen molar-refractivity contribution in [2.24, 2.45) is 0 Å². The molecule has 0 spiro atoms. The van der Waals surface area contributed by atoms with Crippen LogP contribution in [0.25, 0.3) is 0 Å². The van der Waals surface area contributed by atoms with Crippen molar-refractivity contribution in [1.82, 2.24) is 0 Å². The molecule has 1 N–H and O–H groups in total. The van der Waals surface area contributed by atoms with Gasteiger partial charge in [0.05, 0.1) is 6.61 Å². The van der Waals surface area contributed by atoms with E-state index in [4.69, 9.17) is 5.11 Å². The summed E-state index contributed by atoms with van der Waals surface area (Å²) < 4.78 is 0. The summed E-state index contributed by atoms with van der Waals surface area (Å²) in [7, 11) is 0. The first kappa shape index (κ1) is 15.9. The normalized spacial score (nSPS) is 12.6. The van der Waals surface area contributed by atoms with Crippen LogP contribution in [0, 0.1) is 0 Å². The van der Waals surface area contributed by atoms with Crippen LogP contribution >= 0.6 is 0 Å². The molecule has 0 aliphatic carbocycles. The molecule has 0 aromatic rings. The Kier molecular flexibility index (Phi) is 9.46. The molecule has 0 aromatic heterocycles. The van der Waals surface area contributed by atoms with Crippen LogP contribution in [-0.4, -0.2) is 11.7 Å². The Morgan fingerprint density at radius 3 is 2.29 bits per heavy atom. The van der Waals surface area contributed by atoms with E-state index in [1.54, 1.807) is 0 Å². The van der Waals surface area contributed by atoms with Gasteiger partial charge in [-0.05, 0) is 46.0 Å². The Balaban J connectivity index is 4.13. The first-order chi connectivity index (χ1) is 8.10. The minimum Gasteiger partial charge on any atom is -0.392 e. The van der Waals surface area contributed by atoms with Crippen LogP contribution in [0.4, 0.5) is 0 Å². The van der Waals surface area contributed by atoms with E-state index in [0.717, 1.165) is 37.7 Å². The molecule has 0 amide bonds. The van der Waals surface area contributed by atoms with Gasteiger partial charge in [0.25, 0.3) is 0 Å². The Labute approximate surface area is 106 Å². The van der Waals surface area contributed by atoms with Crippen molar-refractivity contribution >= 4 is 0 Å². The molecule has 0 heterocycles. The van der Waals surface area contributed by atoms with E-state index in [2.05, 4.69) is 32.2 Å². The molecule has 0 aliphatic rings. The molecule has 0 fully saturated rings. The maximum atomic E-state index is 8.90. The first-order valence-electron chi connectivity index (χ1n) is 6.29. The second-order valence-electron chi connectivity index (χ2n) is 4.60. The third kappa shape index (κ3) is 9.83. The van der Waals surface area contributed by atoms with Gasteiger partial charge in [0.15, 0.2) is 0 Å². The van der Waals surface area contributed by atoms with E-state index in [-0.39, 0.29) is 6.61 Å². The fourth-order valence-electron chi connectivity index (χ4n) is 1.56. The van der Waals surface area contributed by atoms with Crippen molar-refractivity contribution in [3.63, 3.8) is 0 Å². The second kappa shape index (κ2) is 10.1. The fourth-order valence-corrected chi connectivity index (χ4v) is 1.56. The molecule has 0 rings (SSSR count). The zero-order valence-corrected chi connectivity index (χ0v) is 11.3. The average Bonchev–Trinajstić information content (AvgIpc) is 2.28. The van der Waals surface area contributed by atoms with E-state index in [0.29, 0.717) is 0 Å². The summed E-state index contributed by atoms with van der Waals surface area (Å²) in [6.45, 7) is 11.9. The smallest absolute Gasteiger partial charge is 0.0639 e. The number of aliphatic hydroxyl groups is 1.